The van der Waals surface area contributed by atoms with Crippen LogP contribution < -0.4 is 5.32 Å². The molecule has 0 saturated carbocycles. The highest BCUT2D eigenvalue weighted by molar-refractivity contribution is 5.99. The van der Waals surface area contributed by atoms with Gasteiger partial charge in [-0.15, -0.1) is 0 Å². The Kier molecular flexibility index (Phi) is 4.92. The van der Waals surface area contributed by atoms with Gasteiger partial charge in [-0.05, 0) is 25.0 Å². The van der Waals surface area contributed by atoms with Crippen LogP contribution in [0.2, 0.25) is 0 Å². The summed E-state index contributed by atoms with van der Waals surface area (Å²) in [6.45, 7) is 3.86. The molecule has 2 aromatic rings. The van der Waals surface area contributed by atoms with Crippen molar-refractivity contribution in [3.63, 3.8) is 0 Å². The van der Waals surface area contributed by atoms with Gasteiger partial charge in [-0.3, -0.25) is 9.89 Å². The predicted molar refractivity (Wildman–Crippen MR) is 81.8 cm³/mol. The number of amides is 1. The first-order valence-corrected chi connectivity index (χ1v) is 7.29. The highest BCUT2D eigenvalue weighted by atomic mass is 19.1. The van der Waals surface area contributed by atoms with Gasteiger partial charge < -0.3 is 10.4 Å². The van der Waals surface area contributed by atoms with Crippen LogP contribution in [-0.2, 0) is 0 Å². The van der Waals surface area contributed by atoms with Crippen LogP contribution in [0.15, 0.2) is 30.5 Å². The fraction of sp³-hybridized carbons (Fsp3) is 0.375. The van der Waals surface area contributed by atoms with Crippen molar-refractivity contribution in [2.75, 3.05) is 6.54 Å². The van der Waals surface area contributed by atoms with Gasteiger partial charge in [-0.25, -0.2) is 4.39 Å². The first-order chi connectivity index (χ1) is 10.5. The van der Waals surface area contributed by atoms with Crippen molar-refractivity contribution in [3.05, 3.63) is 41.8 Å². The molecule has 0 unspecified atom stereocenters. The zero-order valence-corrected chi connectivity index (χ0v) is 12.7. The van der Waals surface area contributed by atoms with Crippen LogP contribution >= 0.6 is 0 Å². The van der Waals surface area contributed by atoms with E-state index in [0.717, 1.165) is 0 Å². The van der Waals surface area contributed by atoms with E-state index in [4.69, 9.17) is 0 Å². The Morgan fingerprint density at radius 3 is 2.68 bits per heavy atom. The van der Waals surface area contributed by atoms with Crippen LogP contribution in [0.5, 0.6) is 0 Å². The van der Waals surface area contributed by atoms with Gasteiger partial charge in [-0.1, -0.05) is 26.0 Å². The maximum absolute atomic E-state index is 13.9. The predicted octanol–water partition coefficient (Wildman–Crippen LogP) is 2.50. The van der Waals surface area contributed by atoms with E-state index in [1.807, 2.05) is 13.8 Å². The quantitative estimate of drug-likeness (QED) is 0.767. The largest absolute Gasteiger partial charge is 0.388 e. The molecule has 0 spiro atoms. The summed E-state index contributed by atoms with van der Waals surface area (Å²) in [6, 6.07) is 6.17. The maximum atomic E-state index is 13.9. The highest BCUT2D eigenvalue weighted by Gasteiger charge is 2.24. The molecule has 0 atom stereocenters. The molecule has 0 bridgehead atoms. The molecular weight excluding hydrogens is 285 g/mol. The Hall–Kier alpha value is -2.21. The van der Waals surface area contributed by atoms with Gasteiger partial charge in [0.15, 0.2) is 0 Å². The molecule has 0 aliphatic rings. The monoisotopic (exact) mass is 305 g/mol. The summed E-state index contributed by atoms with van der Waals surface area (Å²) in [7, 11) is 0. The van der Waals surface area contributed by atoms with Crippen LogP contribution in [0.25, 0.3) is 11.3 Å². The second kappa shape index (κ2) is 6.70. The SMILES string of the molecule is CCC(O)(CC)CNC(=O)c1cn[nH]c1-c1ccccc1F. The summed E-state index contributed by atoms with van der Waals surface area (Å²) >= 11 is 0. The summed E-state index contributed by atoms with van der Waals surface area (Å²) < 4.78 is 13.9. The van der Waals surface area contributed by atoms with Gasteiger partial charge in [0, 0.05) is 12.1 Å². The van der Waals surface area contributed by atoms with Crippen LogP contribution in [0, 0.1) is 5.82 Å². The second-order valence-corrected chi connectivity index (χ2v) is 5.25. The third-order valence-electron chi connectivity index (χ3n) is 3.92. The summed E-state index contributed by atoms with van der Waals surface area (Å²) in [6.07, 6.45) is 2.43. The lowest BCUT2D eigenvalue weighted by Gasteiger charge is -2.25. The van der Waals surface area contributed by atoms with E-state index in [1.165, 1.54) is 12.3 Å². The number of nitrogens with one attached hydrogen (secondary N) is 2. The molecule has 0 saturated heterocycles. The number of halogens is 1. The molecule has 3 N–H and O–H groups in total. The van der Waals surface area contributed by atoms with E-state index < -0.39 is 17.3 Å². The number of aliphatic hydroxyl groups is 1. The number of aromatic nitrogens is 2. The van der Waals surface area contributed by atoms with Crippen molar-refractivity contribution in [1.29, 1.82) is 0 Å². The Labute approximate surface area is 128 Å². The number of hydrogen-bond donors (Lipinski definition) is 3. The minimum absolute atomic E-state index is 0.140. The highest BCUT2D eigenvalue weighted by Crippen LogP contribution is 2.24. The molecule has 0 radical (unpaired) electrons. The van der Waals surface area contributed by atoms with Gasteiger partial charge in [0.2, 0.25) is 0 Å². The molecule has 1 heterocycles. The topological polar surface area (TPSA) is 78.0 Å². The normalized spacial score (nSPS) is 11.5. The average molecular weight is 305 g/mol. The molecule has 0 aliphatic heterocycles. The number of nitrogens with zero attached hydrogens (tertiary/aromatic N) is 1. The lowest BCUT2D eigenvalue weighted by molar-refractivity contribution is 0.0314. The van der Waals surface area contributed by atoms with Crippen LogP contribution in [0.4, 0.5) is 4.39 Å². The first kappa shape index (κ1) is 16.2. The molecule has 0 fully saturated rings. The Bertz CT molecular complexity index is 650. The molecule has 0 aliphatic carbocycles. The molecule has 22 heavy (non-hydrogen) atoms. The van der Waals surface area contributed by atoms with Crippen molar-refractivity contribution in [2.24, 2.45) is 0 Å². The summed E-state index contributed by atoms with van der Waals surface area (Å²) in [4.78, 5) is 12.3. The fourth-order valence-corrected chi connectivity index (χ4v) is 2.17. The molecule has 1 amide bonds. The number of rotatable bonds is 6. The van der Waals surface area contributed by atoms with Gasteiger partial charge in [0.25, 0.3) is 5.91 Å². The summed E-state index contributed by atoms with van der Waals surface area (Å²) in [5, 5.41) is 19.4. The number of H-pyrrole nitrogens is 1. The maximum Gasteiger partial charge on any atom is 0.255 e. The summed E-state index contributed by atoms with van der Waals surface area (Å²) in [5.41, 5.74) is -0.0735. The van der Waals surface area contributed by atoms with Gasteiger partial charge in [0.1, 0.15) is 5.82 Å². The Morgan fingerprint density at radius 1 is 1.36 bits per heavy atom. The first-order valence-electron chi connectivity index (χ1n) is 7.29. The number of hydrogen-bond acceptors (Lipinski definition) is 3. The fourth-order valence-electron chi connectivity index (χ4n) is 2.17. The van der Waals surface area contributed by atoms with E-state index in [1.54, 1.807) is 18.2 Å². The average Bonchev–Trinajstić information content (AvgIpc) is 3.02. The molecule has 1 aromatic carbocycles. The summed E-state index contributed by atoms with van der Waals surface area (Å²) in [5.74, 6) is -0.827. The molecule has 118 valence electrons. The standard InChI is InChI=1S/C16H20FN3O2/c1-3-16(22,4-2)10-18-15(21)12-9-19-20-14(12)11-7-5-6-8-13(11)17/h5-9,22H,3-4,10H2,1-2H3,(H,18,21)(H,19,20). The van der Waals surface area contributed by atoms with Crippen LogP contribution in [0.1, 0.15) is 37.0 Å². The minimum atomic E-state index is -0.933. The lowest BCUT2D eigenvalue weighted by Crippen LogP contribution is -2.42. The van der Waals surface area contributed by atoms with E-state index in [0.29, 0.717) is 18.5 Å². The third-order valence-corrected chi connectivity index (χ3v) is 3.92. The molecular formula is C16H20FN3O2. The van der Waals surface area contributed by atoms with E-state index in [9.17, 15) is 14.3 Å². The van der Waals surface area contributed by atoms with E-state index >= 15 is 0 Å². The van der Waals surface area contributed by atoms with Gasteiger partial charge in [0.05, 0.1) is 23.1 Å². The second-order valence-electron chi connectivity index (χ2n) is 5.25. The number of aromatic amines is 1. The van der Waals surface area contributed by atoms with Crippen molar-refractivity contribution < 1.29 is 14.3 Å². The molecule has 1 aromatic heterocycles. The molecule has 6 heteroatoms. The van der Waals surface area contributed by atoms with E-state index in [2.05, 4.69) is 15.5 Å². The van der Waals surface area contributed by atoms with Crippen molar-refractivity contribution >= 4 is 5.91 Å². The van der Waals surface area contributed by atoms with Crippen molar-refractivity contribution in [1.82, 2.24) is 15.5 Å². The van der Waals surface area contributed by atoms with Crippen molar-refractivity contribution in [3.8, 4) is 11.3 Å². The zero-order chi connectivity index (χ0) is 16.2. The van der Waals surface area contributed by atoms with Crippen molar-refractivity contribution in [2.45, 2.75) is 32.3 Å². The Morgan fingerprint density at radius 2 is 2.05 bits per heavy atom. The number of carbonyl (C=O) groups excluding carboxylic acids is 1. The lowest BCUT2D eigenvalue weighted by atomic mass is 9.97. The van der Waals surface area contributed by atoms with Gasteiger partial charge in [-0.2, -0.15) is 5.10 Å². The smallest absolute Gasteiger partial charge is 0.255 e. The molecule has 5 nitrogen and oxygen atoms in total. The number of carbonyl (C=O) groups is 1. The Balaban J connectivity index is 2.19. The van der Waals surface area contributed by atoms with E-state index in [-0.39, 0.29) is 17.7 Å². The zero-order valence-electron chi connectivity index (χ0n) is 12.7. The van der Waals surface area contributed by atoms with Gasteiger partial charge >= 0.3 is 0 Å². The number of benzene rings is 1. The molecule has 2 rings (SSSR count). The minimum Gasteiger partial charge on any atom is -0.388 e. The third kappa shape index (κ3) is 3.33. The van der Waals surface area contributed by atoms with Crippen LogP contribution in [0.3, 0.4) is 0 Å². The van der Waals surface area contributed by atoms with Crippen LogP contribution in [-0.4, -0.2) is 33.4 Å².